The third-order valence-electron chi connectivity index (χ3n) is 3.36. The normalized spacial score (nSPS) is 21.5. The monoisotopic (exact) mass is 348 g/mol. The van der Waals surface area contributed by atoms with Crippen LogP contribution in [0.5, 0.6) is 0 Å². The maximum Gasteiger partial charge on any atom is 0.243 e. The molecule has 1 atom stereocenters. The molecule has 0 aromatic heterocycles. The Bertz CT molecular complexity index is 562. The van der Waals surface area contributed by atoms with Crippen molar-refractivity contribution in [2.75, 3.05) is 18.9 Å². The number of aliphatic hydroxyl groups excluding tert-OH is 1. The lowest BCUT2D eigenvalue weighted by atomic mass is 10.1. The van der Waals surface area contributed by atoms with Crippen molar-refractivity contribution in [2.45, 2.75) is 30.2 Å². The molecule has 0 aliphatic carbocycles. The zero-order valence-electron chi connectivity index (χ0n) is 10.4. The number of aliphatic hydroxyl groups is 1. The summed E-state index contributed by atoms with van der Waals surface area (Å²) in [5.41, 5.74) is 6.12. The summed E-state index contributed by atoms with van der Waals surface area (Å²) in [4.78, 5) is 0.175. The average Bonchev–Trinajstić information content (AvgIpc) is 2.41. The molecular weight excluding hydrogens is 332 g/mol. The maximum absolute atomic E-state index is 12.6. The molecule has 0 radical (unpaired) electrons. The minimum Gasteiger partial charge on any atom is -0.398 e. The number of hydrogen-bond donors (Lipinski definition) is 2. The minimum atomic E-state index is -3.59. The van der Waals surface area contributed by atoms with Crippen LogP contribution in [-0.2, 0) is 10.0 Å². The summed E-state index contributed by atoms with van der Waals surface area (Å²) in [5.74, 6) is 0. The van der Waals surface area contributed by atoms with Crippen LogP contribution in [0.1, 0.15) is 19.3 Å². The standard InChI is InChI=1S/C12H17BrN2O3S/c13-11-5-4-10(7-12(11)14)19(17,18)15-6-2-1-3-9(15)8-16/h4-5,7,9,16H,1-3,6,8,14H2. The van der Waals surface area contributed by atoms with E-state index >= 15 is 0 Å². The van der Waals surface area contributed by atoms with Gasteiger partial charge < -0.3 is 10.8 Å². The fourth-order valence-corrected chi connectivity index (χ4v) is 4.26. The molecule has 0 saturated carbocycles. The van der Waals surface area contributed by atoms with Gasteiger partial charge in [-0.05, 0) is 47.0 Å². The summed E-state index contributed by atoms with van der Waals surface area (Å²) in [6, 6.07) is 4.27. The average molecular weight is 349 g/mol. The Balaban J connectivity index is 2.37. The highest BCUT2D eigenvalue weighted by Gasteiger charge is 2.33. The predicted octanol–water partition coefficient (Wildman–Crippen LogP) is 1.57. The molecule has 1 aromatic carbocycles. The van der Waals surface area contributed by atoms with Gasteiger partial charge in [-0.15, -0.1) is 0 Å². The number of hydrogen-bond acceptors (Lipinski definition) is 4. The first kappa shape index (κ1) is 14.8. The van der Waals surface area contributed by atoms with Crippen molar-refractivity contribution in [2.24, 2.45) is 0 Å². The Kier molecular flexibility index (Phi) is 4.50. The van der Waals surface area contributed by atoms with Crippen LogP contribution in [0.4, 0.5) is 5.69 Å². The number of nitrogens with two attached hydrogens (primary N) is 1. The lowest BCUT2D eigenvalue weighted by Gasteiger charge is -2.33. The second-order valence-corrected chi connectivity index (χ2v) is 7.38. The molecule has 19 heavy (non-hydrogen) atoms. The molecule has 1 aromatic rings. The zero-order valence-corrected chi connectivity index (χ0v) is 12.8. The van der Waals surface area contributed by atoms with Gasteiger partial charge in [0.1, 0.15) is 0 Å². The number of nitrogen functional groups attached to an aromatic ring is 1. The number of piperidine rings is 1. The minimum absolute atomic E-state index is 0.148. The van der Waals surface area contributed by atoms with Crippen LogP contribution in [0.2, 0.25) is 0 Å². The molecule has 106 valence electrons. The van der Waals surface area contributed by atoms with E-state index in [1.54, 1.807) is 6.07 Å². The van der Waals surface area contributed by atoms with E-state index in [1.165, 1.54) is 16.4 Å². The van der Waals surface area contributed by atoms with E-state index in [1.807, 2.05) is 0 Å². The van der Waals surface area contributed by atoms with Crippen LogP contribution < -0.4 is 5.73 Å². The smallest absolute Gasteiger partial charge is 0.243 e. The topological polar surface area (TPSA) is 83.6 Å². The maximum atomic E-state index is 12.6. The van der Waals surface area contributed by atoms with Crippen molar-refractivity contribution in [3.63, 3.8) is 0 Å². The van der Waals surface area contributed by atoms with Crippen LogP contribution in [0.15, 0.2) is 27.6 Å². The molecule has 7 heteroatoms. The number of rotatable bonds is 3. The van der Waals surface area contributed by atoms with Crippen LogP contribution in [0, 0.1) is 0 Å². The Hall–Kier alpha value is -0.630. The lowest BCUT2D eigenvalue weighted by molar-refractivity contribution is 0.155. The number of sulfonamides is 1. The Morgan fingerprint density at radius 2 is 2.16 bits per heavy atom. The van der Waals surface area contributed by atoms with Crippen molar-refractivity contribution in [1.82, 2.24) is 4.31 Å². The van der Waals surface area contributed by atoms with Gasteiger partial charge in [-0.25, -0.2) is 8.42 Å². The largest absolute Gasteiger partial charge is 0.398 e. The fourth-order valence-electron chi connectivity index (χ4n) is 2.29. The van der Waals surface area contributed by atoms with E-state index < -0.39 is 10.0 Å². The summed E-state index contributed by atoms with van der Waals surface area (Å²) in [5, 5.41) is 9.33. The Labute approximate surface area is 121 Å². The summed E-state index contributed by atoms with van der Waals surface area (Å²) in [7, 11) is -3.59. The summed E-state index contributed by atoms with van der Waals surface area (Å²) in [6.45, 7) is 0.300. The molecule has 5 nitrogen and oxygen atoms in total. The molecule has 0 bridgehead atoms. The van der Waals surface area contributed by atoms with Crippen LogP contribution in [-0.4, -0.2) is 37.0 Å². The second-order valence-electron chi connectivity index (χ2n) is 4.63. The highest BCUT2D eigenvalue weighted by Crippen LogP contribution is 2.28. The van der Waals surface area contributed by atoms with Crippen molar-refractivity contribution < 1.29 is 13.5 Å². The molecule has 2 rings (SSSR count). The highest BCUT2D eigenvalue weighted by atomic mass is 79.9. The molecule has 1 saturated heterocycles. The van der Waals surface area contributed by atoms with Gasteiger partial charge in [-0.3, -0.25) is 0 Å². The van der Waals surface area contributed by atoms with Gasteiger partial charge in [0.25, 0.3) is 0 Å². The molecule has 1 fully saturated rings. The molecule has 1 aliphatic rings. The molecule has 1 aliphatic heterocycles. The predicted molar refractivity (Wildman–Crippen MR) is 77.2 cm³/mol. The zero-order chi connectivity index (χ0) is 14.0. The van der Waals surface area contributed by atoms with Crippen molar-refractivity contribution in [1.29, 1.82) is 0 Å². The van der Waals surface area contributed by atoms with Gasteiger partial charge in [-0.1, -0.05) is 6.42 Å². The first-order valence-corrected chi connectivity index (χ1v) is 8.38. The van der Waals surface area contributed by atoms with E-state index in [0.29, 0.717) is 23.1 Å². The molecular formula is C12H17BrN2O3S. The van der Waals surface area contributed by atoms with Crippen molar-refractivity contribution in [3.8, 4) is 0 Å². The van der Waals surface area contributed by atoms with E-state index in [9.17, 15) is 13.5 Å². The van der Waals surface area contributed by atoms with E-state index in [4.69, 9.17) is 5.73 Å². The van der Waals surface area contributed by atoms with Gasteiger partial charge >= 0.3 is 0 Å². The van der Waals surface area contributed by atoms with Crippen LogP contribution in [0.25, 0.3) is 0 Å². The van der Waals surface area contributed by atoms with Crippen molar-refractivity contribution >= 4 is 31.6 Å². The van der Waals surface area contributed by atoms with E-state index in [2.05, 4.69) is 15.9 Å². The number of benzene rings is 1. The SMILES string of the molecule is Nc1cc(S(=O)(=O)N2CCCCC2CO)ccc1Br. The molecule has 1 unspecified atom stereocenters. The quantitative estimate of drug-likeness (QED) is 0.812. The van der Waals surface area contributed by atoms with Gasteiger partial charge in [0, 0.05) is 22.7 Å². The lowest BCUT2D eigenvalue weighted by Crippen LogP contribution is -2.45. The highest BCUT2D eigenvalue weighted by molar-refractivity contribution is 9.10. The van der Waals surface area contributed by atoms with E-state index in [-0.39, 0.29) is 17.5 Å². The molecule has 1 heterocycles. The summed E-state index contributed by atoms with van der Waals surface area (Å²) >= 11 is 3.24. The number of nitrogens with zero attached hydrogens (tertiary/aromatic N) is 1. The Morgan fingerprint density at radius 3 is 2.79 bits per heavy atom. The van der Waals surface area contributed by atoms with E-state index in [0.717, 1.165) is 12.8 Å². The molecule has 3 N–H and O–H groups in total. The third-order valence-corrected chi connectivity index (χ3v) is 6.03. The van der Waals surface area contributed by atoms with Gasteiger partial charge in [0.15, 0.2) is 0 Å². The third kappa shape index (κ3) is 2.94. The number of anilines is 1. The summed E-state index contributed by atoms with van der Waals surface area (Å²) < 4.78 is 27.2. The van der Waals surface area contributed by atoms with Crippen LogP contribution in [0.3, 0.4) is 0 Å². The molecule has 0 spiro atoms. The first-order chi connectivity index (χ1) is 8.96. The fraction of sp³-hybridized carbons (Fsp3) is 0.500. The first-order valence-electron chi connectivity index (χ1n) is 6.14. The Morgan fingerprint density at radius 1 is 1.42 bits per heavy atom. The number of halogens is 1. The molecule has 0 amide bonds. The summed E-state index contributed by atoms with van der Waals surface area (Å²) in [6.07, 6.45) is 2.46. The second kappa shape index (κ2) is 5.78. The van der Waals surface area contributed by atoms with Crippen LogP contribution >= 0.6 is 15.9 Å². The van der Waals surface area contributed by atoms with Gasteiger partial charge in [0.2, 0.25) is 10.0 Å². The van der Waals surface area contributed by atoms with Gasteiger partial charge in [0.05, 0.1) is 11.5 Å². The van der Waals surface area contributed by atoms with Gasteiger partial charge in [-0.2, -0.15) is 4.31 Å². The van der Waals surface area contributed by atoms with Crippen molar-refractivity contribution in [3.05, 3.63) is 22.7 Å².